The second-order valence-electron chi connectivity index (χ2n) is 2.96. The number of rotatable bonds is 2. The van der Waals surface area contributed by atoms with Gasteiger partial charge in [0.05, 0.1) is 11.9 Å². The minimum absolute atomic E-state index is 0.319. The standard InChI is InChI=1S/C10H7BrN2O2S/c11-6-2-1-3-7(4-6)15-10(14)9-8(12)5-13-16-9/h1-5H,12H2. The van der Waals surface area contributed by atoms with Crippen molar-refractivity contribution in [1.82, 2.24) is 4.37 Å². The fourth-order valence-corrected chi connectivity index (χ4v) is 2.01. The van der Waals surface area contributed by atoms with Gasteiger partial charge in [-0.1, -0.05) is 22.0 Å². The Morgan fingerprint density at radius 2 is 2.31 bits per heavy atom. The van der Waals surface area contributed by atoms with Crippen molar-refractivity contribution in [3.05, 3.63) is 39.8 Å². The van der Waals surface area contributed by atoms with E-state index in [9.17, 15) is 4.79 Å². The predicted molar refractivity (Wildman–Crippen MR) is 65.6 cm³/mol. The molecule has 0 aliphatic rings. The number of carbonyl (C=O) groups is 1. The first kappa shape index (κ1) is 11.1. The van der Waals surface area contributed by atoms with Crippen LogP contribution in [0.2, 0.25) is 0 Å². The number of halogens is 1. The fraction of sp³-hybridized carbons (Fsp3) is 0. The third-order valence-electron chi connectivity index (χ3n) is 1.79. The van der Waals surface area contributed by atoms with Crippen LogP contribution in [-0.4, -0.2) is 10.3 Å². The van der Waals surface area contributed by atoms with Gasteiger partial charge < -0.3 is 10.5 Å². The highest BCUT2D eigenvalue weighted by molar-refractivity contribution is 9.10. The number of hydrogen-bond donors (Lipinski definition) is 1. The minimum atomic E-state index is -0.488. The average Bonchev–Trinajstić information content (AvgIpc) is 2.64. The molecule has 4 nitrogen and oxygen atoms in total. The van der Waals surface area contributed by atoms with Crippen LogP contribution in [0.3, 0.4) is 0 Å². The molecule has 0 saturated carbocycles. The summed E-state index contributed by atoms with van der Waals surface area (Å²) in [4.78, 5) is 12.0. The van der Waals surface area contributed by atoms with Crippen LogP contribution in [0.15, 0.2) is 34.9 Å². The molecular formula is C10H7BrN2O2S. The molecule has 0 aliphatic carbocycles. The molecule has 2 aromatic rings. The Bertz CT molecular complexity index is 527. The molecule has 0 saturated heterocycles. The van der Waals surface area contributed by atoms with Crippen LogP contribution in [0.1, 0.15) is 9.67 Å². The molecule has 1 aromatic carbocycles. The first-order valence-electron chi connectivity index (χ1n) is 4.34. The van der Waals surface area contributed by atoms with Crippen LogP contribution in [0.5, 0.6) is 5.75 Å². The number of nitrogens with zero attached hydrogens (tertiary/aromatic N) is 1. The number of benzene rings is 1. The summed E-state index contributed by atoms with van der Waals surface area (Å²) >= 11 is 4.31. The number of esters is 1. The zero-order valence-corrected chi connectivity index (χ0v) is 10.4. The van der Waals surface area contributed by atoms with E-state index < -0.39 is 5.97 Å². The highest BCUT2D eigenvalue weighted by Crippen LogP contribution is 2.21. The van der Waals surface area contributed by atoms with Crippen molar-refractivity contribution in [3.63, 3.8) is 0 Å². The summed E-state index contributed by atoms with van der Waals surface area (Å²) in [5.74, 6) is -0.0229. The van der Waals surface area contributed by atoms with Gasteiger partial charge in [-0.05, 0) is 29.7 Å². The molecule has 0 amide bonds. The number of nitrogens with two attached hydrogens (primary N) is 1. The van der Waals surface area contributed by atoms with Crippen molar-refractivity contribution in [3.8, 4) is 5.75 Å². The molecular weight excluding hydrogens is 292 g/mol. The Morgan fingerprint density at radius 1 is 1.50 bits per heavy atom. The molecule has 0 atom stereocenters. The summed E-state index contributed by atoms with van der Waals surface area (Å²) in [5.41, 5.74) is 5.90. The zero-order valence-electron chi connectivity index (χ0n) is 8.01. The third kappa shape index (κ3) is 2.40. The van der Waals surface area contributed by atoms with Gasteiger partial charge in [0.1, 0.15) is 5.75 Å². The van der Waals surface area contributed by atoms with Crippen molar-refractivity contribution >= 4 is 39.1 Å². The maximum absolute atomic E-state index is 11.7. The van der Waals surface area contributed by atoms with E-state index in [0.29, 0.717) is 16.3 Å². The van der Waals surface area contributed by atoms with Crippen molar-refractivity contribution in [2.24, 2.45) is 0 Å². The second kappa shape index (κ2) is 4.63. The molecule has 0 aliphatic heterocycles. The van der Waals surface area contributed by atoms with Crippen molar-refractivity contribution in [1.29, 1.82) is 0 Å². The predicted octanol–water partition coefficient (Wildman–Crippen LogP) is 2.71. The lowest BCUT2D eigenvalue weighted by Gasteiger charge is -2.02. The Hall–Kier alpha value is -1.40. The molecule has 6 heteroatoms. The van der Waals surface area contributed by atoms with Gasteiger partial charge >= 0.3 is 5.97 Å². The van der Waals surface area contributed by atoms with Gasteiger partial charge in [-0.3, -0.25) is 0 Å². The van der Waals surface area contributed by atoms with Crippen molar-refractivity contribution < 1.29 is 9.53 Å². The molecule has 0 fully saturated rings. The third-order valence-corrected chi connectivity index (χ3v) is 3.08. The van der Waals surface area contributed by atoms with E-state index in [1.165, 1.54) is 6.20 Å². The number of nitrogen functional groups attached to an aromatic ring is 1. The number of carbonyl (C=O) groups excluding carboxylic acids is 1. The van der Waals surface area contributed by atoms with E-state index in [0.717, 1.165) is 16.0 Å². The monoisotopic (exact) mass is 298 g/mol. The largest absolute Gasteiger partial charge is 0.422 e. The van der Waals surface area contributed by atoms with Crippen LogP contribution in [0, 0.1) is 0 Å². The van der Waals surface area contributed by atoms with E-state index in [1.807, 2.05) is 6.07 Å². The van der Waals surface area contributed by atoms with Crippen molar-refractivity contribution in [2.75, 3.05) is 5.73 Å². The molecule has 0 spiro atoms. The normalized spacial score (nSPS) is 10.1. The van der Waals surface area contributed by atoms with Gasteiger partial charge in [0, 0.05) is 4.47 Å². The first-order chi connectivity index (χ1) is 7.66. The quantitative estimate of drug-likeness (QED) is 0.684. The van der Waals surface area contributed by atoms with E-state index >= 15 is 0 Å². The van der Waals surface area contributed by atoms with Gasteiger partial charge in [0.25, 0.3) is 0 Å². The molecule has 2 N–H and O–H groups in total. The van der Waals surface area contributed by atoms with Crippen LogP contribution >= 0.6 is 27.5 Å². The summed E-state index contributed by atoms with van der Waals surface area (Å²) in [5, 5.41) is 0. The number of aromatic nitrogens is 1. The SMILES string of the molecule is Nc1cnsc1C(=O)Oc1cccc(Br)c1. The van der Waals surface area contributed by atoms with Gasteiger partial charge in [0.2, 0.25) is 0 Å². The molecule has 2 rings (SSSR count). The molecule has 82 valence electrons. The molecule has 1 aromatic heterocycles. The Morgan fingerprint density at radius 3 is 2.94 bits per heavy atom. The number of hydrogen-bond acceptors (Lipinski definition) is 5. The fourth-order valence-electron chi connectivity index (χ4n) is 1.09. The highest BCUT2D eigenvalue weighted by atomic mass is 79.9. The number of anilines is 1. The lowest BCUT2D eigenvalue weighted by atomic mass is 10.3. The molecule has 16 heavy (non-hydrogen) atoms. The Labute approximate surface area is 104 Å². The Kier molecular flexibility index (Phi) is 3.21. The van der Waals surface area contributed by atoms with Crippen LogP contribution in [0.4, 0.5) is 5.69 Å². The molecule has 0 radical (unpaired) electrons. The molecule has 1 heterocycles. The highest BCUT2D eigenvalue weighted by Gasteiger charge is 2.14. The first-order valence-corrected chi connectivity index (χ1v) is 5.91. The topological polar surface area (TPSA) is 65.2 Å². The molecule has 0 bridgehead atoms. The van der Waals surface area contributed by atoms with E-state index in [2.05, 4.69) is 20.3 Å². The van der Waals surface area contributed by atoms with Gasteiger partial charge in [0.15, 0.2) is 4.88 Å². The van der Waals surface area contributed by atoms with Gasteiger partial charge in [-0.25, -0.2) is 4.79 Å². The second-order valence-corrected chi connectivity index (χ2v) is 4.67. The Balaban J connectivity index is 2.17. The van der Waals surface area contributed by atoms with E-state index in [-0.39, 0.29) is 0 Å². The van der Waals surface area contributed by atoms with Gasteiger partial charge in [-0.2, -0.15) is 4.37 Å². The van der Waals surface area contributed by atoms with E-state index in [1.54, 1.807) is 18.2 Å². The summed E-state index contributed by atoms with van der Waals surface area (Å²) < 4.78 is 9.79. The summed E-state index contributed by atoms with van der Waals surface area (Å²) in [6, 6.07) is 7.02. The van der Waals surface area contributed by atoms with Crippen molar-refractivity contribution in [2.45, 2.75) is 0 Å². The minimum Gasteiger partial charge on any atom is -0.422 e. The lowest BCUT2D eigenvalue weighted by Crippen LogP contribution is -2.08. The van der Waals surface area contributed by atoms with E-state index in [4.69, 9.17) is 10.5 Å². The summed E-state index contributed by atoms with van der Waals surface area (Å²) in [6.07, 6.45) is 1.43. The van der Waals surface area contributed by atoms with Gasteiger partial charge in [-0.15, -0.1) is 0 Å². The summed E-state index contributed by atoms with van der Waals surface area (Å²) in [6.45, 7) is 0. The lowest BCUT2D eigenvalue weighted by molar-refractivity contribution is 0.0741. The van der Waals surface area contributed by atoms with Crippen LogP contribution < -0.4 is 10.5 Å². The van der Waals surface area contributed by atoms with Crippen LogP contribution in [0.25, 0.3) is 0 Å². The zero-order chi connectivity index (χ0) is 11.5. The number of ether oxygens (including phenoxy) is 1. The summed E-state index contributed by atoms with van der Waals surface area (Å²) in [7, 11) is 0. The maximum Gasteiger partial charge on any atom is 0.357 e. The maximum atomic E-state index is 11.7. The smallest absolute Gasteiger partial charge is 0.357 e. The van der Waals surface area contributed by atoms with Crippen LogP contribution in [-0.2, 0) is 0 Å². The molecule has 0 unspecified atom stereocenters. The average molecular weight is 299 g/mol.